The second-order valence-corrected chi connectivity index (χ2v) is 7.13. The molecule has 0 unspecified atom stereocenters. The number of benzene rings is 2. The molecule has 0 amide bonds. The van der Waals surface area contributed by atoms with Crippen LogP contribution in [0.4, 0.5) is 23.1 Å². The Hall–Kier alpha value is -2.66. The van der Waals surface area contributed by atoms with Crippen LogP contribution in [0.5, 0.6) is 0 Å². The molecule has 0 atom stereocenters. The Morgan fingerprint density at radius 3 is 2.32 bits per heavy atom. The van der Waals surface area contributed by atoms with Crippen molar-refractivity contribution in [2.45, 2.75) is 26.2 Å². The predicted octanol–water partition coefficient (Wildman–Crippen LogP) is 5.31. The normalized spacial score (nSPS) is 11.2. The van der Waals surface area contributed by atoms with Gasteiger partial charge >= 0.3 is 0 Å². The van der Waals surface area contributed by atoms with Crippen molar-refractivity contribution in [3.63, 3.8) is 0 Å². The molecule has 2 N–H and O–H groups in total. The fourth-order valence-corrected chi connectivity index (χ4v) is 2.48. The van der Waals surface area contributed by atoms with Gasteiger partial charge in [0, 0.05) is 5.69 Å². The van der Waals surface area contributed by atoms with E-state index >= 15 is 0 Å². The quantitative estimate of drug-likeness (QED) is 0.665. The minimum Gasteiger partial charge on any atom is -0.338 e. The lowest BCUT2D eigenvalue weighted by atomic mass is 9.87. The van der Waals surface area contributed by atoms with Crippen LogP contribution in [-0.4, -0.2) is 15.2 Å². The molecule has 3 rings (SSSR count). The van der Waals surface area contributed by atoms with Gasteiger partial charge in [0.25, 0.3) is 0 Å². The minimum atomic E-state index is 0.120. The molecule has 5 nitrogen and oxygen atoms in total. The van der Waals surface area contributed by atoms with Crippen LogP contribution in [0.2, 0.25) is 5.02 Å². The van der Waals surface area contributed by atoms with Gasteiger partial charge in [0.1, 0.15) is 0 Å². The van der Waals surface area contributed by atoms with E-state index in [1.165, 1.54) is 5.56 Å². The molecule has 0 aliphatic heterocycles. The smallest absolute Gasteiger partial charge is 0.249 e. The van der Waals surface area contributed by atoms with Gasteiger partial charge in [-0.15, -0.1) is 5.10 Å². The Labute approximate surface area is 152 Å². The molecule has 2 aromatic carbocycles. The number of anilines is 4. The number of hydrogen-bond donors (Lipinski definition) is 2. The summed E-state index contributed by atoms with van der Waals surface area (Å²) in [5.41, 5.74) is 3.07. The lowest BCUT2D eigenvalue weighted by Crippen LogP contribution is -2.10. The van der Waals surface area contributed by atoms with Crippen LogP contribution in [0.25, 0.3) is 0 Å². The summed E-state index contributed by atoms with van der Waals surface area (Å²) in [5.74, 6) is 0.984. The zero-order valence-corrected chi connectivity index (χ0v) is 15.2. The van der Waals surface area contributed by atoms with Crippen molar-refractivity contribution >= 4 is 34.7 Å². The Morgan fingerprint density at radius 1 is 0.920 bits per heavy atom. The minimum absolute atomic E-state index is 0.120. The molecule has 1 heterocycles. The fraction of sp³-hybridized carbons (Fsp3) is 0.211. The van der Waals surface area contributed by atoms with Crippen molar-refractivity contribution in [2.24, 2.45) is 0 Å². The van der Waals surface area contributed by atoms with E-state index in [9.17, 15) is 0 Å². The zero-order valence-electron chi connectivity index (χ0n) is 14.4. The summed E-state index contributed by atoms with van der Waals surface area (Å²) in [5, 5.41) is 14.9. The highest BCUT2D eigenvalue weighted by Gasteiger charge is 2.13. The maximum Gasteiger partial charge on any atom is 0.249 e. The SMILES string of the molecule is CC(C)(C)c1ccc(Nc2nncc(Nc3ccccc3Cl)n2)cc1. The number of hydrogen-bond acceptors (Lipinski definition) is 5. The first kappa shape index (κ1) is 17.2. The van der Waals surface area contributed by atoms with Crippen LogP contribution in [-0.2, 0) is 5.41 Å². The maximum atomic E-state index is 6.15. The molecular weight excluding hydrogens is 334 g/mol. The summed E-state index contributed by atoms with van der Waals surface area (Å²) in [6.07, 6.45) is 1.55. The van der Waals surface area contributed by atoms with E-state index in [0.717, 1.165) is 11.4 Å². The summed E-state index contributed by atoms with van der Waals surface area (Å²) < 4.78 is 0. The number of nitrogens with one attached hydrogen (secondary N) is 2. The molecular formula is C19H20ClN5. The average Bonchev–Trinajstić information content (AvgIpc) is 2.57. The van der Waals surface area contributed by atoms with E-state index in [4.69, 9.17) is 11.6 Å². The maximum absolute atomic E-state index is 6.15. The lowest BCUT2D eigenvalue weighted by Gasteiger charge is -2.19. The van der Waals surface area contributed by atoms with E-state index in [2.05, 4.69) is 58.7 Å². The molecule has 0 spiro atoms. The largest absolute Gasteiger partial charge is 0.338 e. The first-order valence-electron chi connectivity index (χ1n) is 8.01. The fourth-order valence-electron chi connectivity index (χ4n) is 2.30. The third kappa shape index (κ3) is 4.45. The highest BCUT2D eigenvalue weighted by molar-refractivity contribution is 6.33. The van der Waals surface area contributed by atoms with Crippen molar-refractivity contribution in [1.82, 2.24) is 15.2 Å². The Morgan fingerprint density at radius 2 is 1.64 bits per heavy atom. The third-order valence-corrected chi connectivity index (χ3v) is 4.03. The summed E-state index contributed by atoms with van der Waals surface area (Å²) >= 11 is 6.15. The number of halogens is 1. The molecule has 0 bridgehead atoms. The molecule has 0 radical (unpaired) electrons. The molecule has 1 aromatic heterocycles. The summed E-state index contributed by atoms with van der Waals surface area (Å²) in [7, 11) is 0. The molecule has 25 heavy (non-hydrogen) atoms. The summed E-state index contributed by atoms with van der Waals surface area (Å²) in [6.45, 7) is 6.56. The topological polar surface area (TPSA) is 62.7 Å². The molecule has 0 saturated heterocycles. The van der Waals surface area contributed by atoms with Gasteiger partial charge in [-0.25, -0.2) is 0 Å². The standard InChI is InChI=1S/C19H20ClN5/c1-19(2,3)13-8-10-14(11-9-13)22-18-24-17(12-21-25-18)23-16-7-5-4-6-15(16)20/h4-12H,1-3H3,(H2,22,23,24,25). The van der Waals surface area contributed by atoms with E-state index in [0.29, 0.717) is 16.8 Å². The average molecular weight is 354 g/mol. The van der Waals surface area contributed by atoms with Gasteiger partial charge in [0.2, 0.25) is 5.95 Å². The van der Waals surface area contributed by atoms with Crippen LogP contribution in [0.3, 0.4) is 0 Å². The van der Waals surface area contributed by atoms with Crippen LogP contribution in [0, 0.1) is 0 Å². The second-order valence-electron chi connectivity index (χ2n) is 6.72. The van der Waals surface area contributed by atoms with Gasteiger partial charge < -0.3 is 10.6 Å². The first-order valence-corrected chi connectivity index (χ1v) is 8.38. The Bertz CT molecular complexity index is 856. The van der Waals surface area contributed by atoms with Crippen LogP contribution >= 0.6 is 11.6 Å². The summed E-state index contributed by atoms with van der Waals surface area (Å²) in [6, 6.07) is 15.7. The van der Waals surface area contributed by atoms with Gasteiger partial charge in [0.05, 0.1) is 16.9 Å². The number of para-hydroxylation sites is 1. The van der Waals surface area contributed by atoms with E-state index in [-0.39, 0.29) is 5.41 Å². The van der Waals surface area contributed by atoms with Crippen molar-refractivity contribution in [3.8, 4) is 0 Å². The molecule has 128 valence electrons. The molecule has 3 aromatic rings. The summed E-state index contributed by atoms with van der Waals surface area (Å²) in [4.78, 5) is 4.42. The number of aromatic nitrogens is 3. The van der Waals surface area contributed by atoms with Gasteiger partial charge in [-0.2, -0.15) is 10.1 Å². The molecule has 6 heteroatoms. The molecule has 0 aliphatic rings. The number of rotatable bonds is 4. The van der Waals surface area contributed by atoms with Crippen molar-refractivity contribution in [3.05, 3.63) is 65.3 Å². The lowest BCUT2D eigenvalue weighted by molar-refractivity contribution is 0.590. The van der Waals surface area contributed by atoms with Crippen molar-refractivity contribution in [1.29, 1.82) is 0 Å². The number of nitrogens with zero attached hydrogens (tertiary/aromatic N) is 3. The highest BCUT2D eigenvalue weighted by Crippen LogP contribution is 2.25. The van der Waals surface area contributed by atoms with E-state index < -0.39 is 0 Å². The third-order valence-electron chi connectivity index (χ3n) is 3.70. The predicted molar refractivity (Wildman–Crippen MR) is 103 cm³/mol. The molecule has 0 fully saturated rings. The van der Waals surface area contributed by atoms with Crippen molar-refractivity contribution < 1.29 is 0 Å². The Balaban J connectivity index is 1.75. The van der Waals surface area contributed by atoms with E-state index in [1.54, 1.807) is 6.20 Å². The molecule has 0 aliphatic carbocycles. The monoisotopic (exact) mass is 353 g/mol. The van der Waals surface area contributed by atoms with Crippen LogP contribution in [0.15, 0.2) is 54.7 Å². The Kier molecular flexibility index (Phi) is 4.86. The van der Waals surface area contributed by atoms with Gasteiger partial charge in [-0.1, -0.05) is 56.6 Å². The van der Waals surface area contributed by atoms with Gasteiger partial charge in [0.15, 0.2) is 5.82 Å². The van der Waals surface area contributed by atoms with Gasteiger partial charge in [-0.05, 0) is 35.2 Å². The zero-order chi connectivity index (χ0) is 17.9. The molecule has 0 saturated carbocycles. The van der Waals surface area contributed by atoms with Crippen LogP contribution in [0.1, 0.15) is 26.3 Å². The van der Waals surface area contributed by atoms with Crippen LogP contribution < -0.4 is 10.6 Å². The second kappa shape index (κ2) is 7.07. The first-order chi connectivity index (χ1) is 11.9. The van der Waals surface area contributed by atoms with Crippen molar-refractivity contribution in [2.75, 3.05) is 10.6 Å². The van der Waals surface area contributed by atoms with E-state index in [1.807, 2.05) is 36.4 Å². The highest BCUT2D eigenvalue weighted by atomic mass is 35.5. The van der Waals surface area contributed by atoms with Gasteiger partial charge in [-0.3, -0.25) is 0 Å².